The quantitative estimate of drug-likeness (QED) is 0.406. The molecule has 1 radical (unpaired) electrons. The van der Waals surface area contributed by atoms with Crippen molar-refractivity contribution in [3.63, 3.8) is 0 Å². The summed E-state index contributed by atoms with van der Waals surface area (Å²) in [5.74, 6) is 2.57. The van der Waals surface area contributed by atoms with E-state index in [4.69, 9.17) is 6.42 Å². The van der Waals surface area contributed by atoms with Crippen LogP contribution < -0.4 is 0 Å². The molecule has 0 aliphatic rings. The molecule has 0 spiro atoms. The van der Waals surface area contributed by atoms with E-state index in [1.54, 1.807) is 0 Å². The van der Waals surface area contributed by atoms with Crippen LogP contribution >= 0.6 is 0 Å². The predicted octanol–water partition coefficient (Wildman–Crippen LogP) is 1.81. The molecule has 1 heteroatoms. The fourth-order valence-electron chi connectivity index (χ4n) is 0.279. The van der Waals surface area contributed by atoms with Gasteiger partial charge >= 0.3 is 0 Å². The zero-order valence-corrected chi connectivity index (χ0v) is 5.57. The van der Waals surface area contributed by atoms with Crippen LogP contribution in [0.1, 0.15) is 26.2 Å². The molecule has 0 aromatic carbocycles. The van der Waals surface area contributed by atoms with Crippen LogP contribution in [0.5, 0.6) is 0 Å². The maximum absolute atomic E-state index is 4.96. The number of rotatable bonds is 2. The average Bonchev–Trinajstić information content (AvgIpc) is 1.61. The van der Waals surface area contributed by atoms with Gasteiger partial charge in [0.05, 0.1) is 0 Å². The van der Waals surface area contributed by atoms with Crippen LogP contribution in [0.3, 0.4) is 0 Å². The molecule has 7 heavy (non-hydrogen) atoms. The van der Waals surface area contributed by atoms with Gasteiger partial charge in [0.2, 0.25) is 0 Å². The maximum atomic E-state index is 4.96. The molecule has 0 aliphatic heterocycles. The molecule has 0 aromatic rings. The molecule has 0 saturated heterocycles. The first-order valence-electron chi connectivity index (χ1n) is 2.35. The summed E-state index contributed by atoms with van der Waals surface area (Å²) in [6.45, 7) is 2.14. The Bertz CT molecular complexity index is 51.7. The van der Waals surface area contributed by atoms with E-state index in [9.17, 15) is 0 Å². The summed E-state index contributed by atoms with van der Waals surface area (Å²) >= 11 is 0. The summed E-state index contributed by atoms with van der Waals surface area (Å²) in [5.41, 5.74) is 0. The van der Waals surface area contributed by atoms with Crippen LogP contribution in [-0.4, -0.2) is 0 Å². The molecule has 0 saturated carbocycles. The second-order valence-electron chi connectivity index (χ2n) is 1.31. The summed E-state index contributed by atoms with van der Waals surface area (Å²) in [6, 6.07) is 0. The maximum Gasteiger partial charge on any atom is 0.00859 e. The van der Waals surface area contributed by atoms with Crippen LogP contribution in [0.25, 0.3) is 0 Å². The van der Waals surface area contributed by atoms with E-state index in [0.717, 1.165) is 6.42 Å². The Morgan fingerprint density at radius 1 is 1.57 bits per heavy atom. The fourth-order valence-corrected chi connectivity index (χ4v) is 0.279. The summed E-state index contributed by atoms with van der Waals surface area (Å²) in [5, 5.41) is 0. The normalized spacial score (nSPS) is 6.29. The third kappa shape index (κ3) is 10.7. The molecule has 0 fully saturated rings. The Hall–Kier alpha value is 0.0665. The first-order chi connectivity index (χ1) is 2.91. The molecule has 0 bridgehead atoms. The van der Waals surface area contributed by atoms with Crippen molar-refractivity contribution in [2.45, 2.75) is 26.2 Å². The molecule has 0 aliphatic carbocycles. The smallest absolute Gasteiger partial charge is 0.00859 e. The summed E-state index contributed by atoms with van der Waals surface area (Å²) in [4.78, 5) is 0. The first-order valence-corrected chi connectivity index (χ1v) is 2.35. The third-order valence-electron chi connectivity index (χ3n) is 0.675. The Labute approximate surface area is 55.9 Å². The Kier molecular flexibility index (Phi) is 13.6. The molecule has 0 aromatic heterocycles. The van der Waals surface area contributed by atoms with E-state index >= 15 is 0 Å². The van der Waals surface area contributed by atoms with Crippen molar-refractivity contribution in [3.05, 3.63) is 0 Å². The van der Waals surface area contributed by atoms with Gasteiger partial charge in [-0.2, -0.15) is 0 Å². The van der Waals surface area contributed by atoms with E-state index in [2.05, 4.69) is 12.8 Å². The molecule has 0 atom stereocenters. The SMILES string of the molecule is C#CCCCC.[Co]. The molecule has 43 valence electrons. The van der Waals surface area contributed by atoms with Gasteiger partial charge in [0.15, 0.2) is 0 Å². The Morgan fingerprint density at radius 2 is 2.14 bits per heavy atom. The topological polar surface area (TPSA) is 0 Å². The monoisotopic (exact) mass is 141 g/mol. The van der Waals surface area contributed by atoms with Gasteiger partial charge in [0, 0.05) is 23.2 Å². The van der Waals surface area contributed by atoms with Gasteiger partial charge in [-0.15, -0.1) is 12.3 Å². The predicted molar refractivity (Wildman–Crippen MR) is 28.4 cm³/mol. The minimum absolute atomic E-state index is 0. The largest absolute Gasteiger partial charge is 0.120 e. The van der Waals surface area contributed by atoms with Gasteiger partial charge in [0.1, 0.15) is 0 Å². The Balaban J connectivity index is 0. The minimum atomic E-state index is 0. The molecular weight excluding hydrogens is 131 g/mol. The van der Waals surface area contributed by atoms with Crippen molar-refractivity contribution < 1.29 is 16.8 Å². The van der Waals surface area contributed by atoms with E-state index in [1.165, 1.54) is 12.8 Å². The molecule has 0 amide bonds. The van der Waals surface area contributed by atoms with Crippen molar-refractivity contribution in [1.82, 2.24) is 0 Å². The minimum Gasteiger partial charge on any atom is -0.120 e. The molecule has 0 rings (SSSR count). The summed E-state index contributed by atoms with van der Waals surface area (Å²) in [7, 11) is 0. The van der Waals surface area contributed by atoms with E-state index in [0.29, 0.717) is 0 Å². The number of unbranched alkanes of at least 4 members (excludes halogenated alkanes) is 2. The van der Waals surface area contributed by atoms with E-state index in [-0.39, 0.29) is 16.8 Å². The van der Waals surface area contributed by atoms with Crippen molar-refractivity contribution >= 4 is 0 Å². The van der Waals surface area contributed by atoms with Crippen LogP contribution in [0.15, 0.2) is 0 Å². The second kappa shape index (κ2) is 9.42. The van der Waals surface area contributed by atoms with Crippen molar-refractivity contribution in [3.8, 4) is 12.3 Å². The first kappa shape index (κ1) is 10.1. The standard InChI is InChI=1S/C6H10.Co/c1-3-5-6-4-2;/h1H,4-6H2,2H3;. The van der Waals surface area contributed by atoms with Gasteiger partial charge in [0.25, 0.3) is 0 Å². The number of hydrogen-bond acceptors (Lipinski definition) is 0. The molecule has 0 unspecified atom stereocenters. The van der Waals surface area contributed by atoms with Crippen LogP contribution in [-0.2, 0) is 16.8 Å². The number of terminal acetylenes is 1. The molecule has 0 nitrogen and oxygen atoms in total. The third-order valence-corrected chi connectivity index (χ3v) is 0.675. The Morgan fingerprint density at radius 3 is 2.29 bits per heavy atom. The van der Waals surface area contributed by atoms with Gasteiger partial charge in [-0.05, 0) is 6.42 Å². The molecule has 0 heterocycles. The van der Waals surface area contributed by atoms with Crippen LogP contribution in [0.2, 0.25) is 0 Å². The van der Waals surface area contributed by atoms with Crippen LogP contribution in [0.4, 0.5) is 0 Å². The fraction of sp³-hybridized carbons (Fsp3) is 0.667. The average molecular weight is 141 g/mol. The second-order valence-corrected chi connectivity index (χ2v) is 1.31. The summed E-state index contributed by atoms with van der Waals surface area (Å²) < 4.78 is 0. The van der Waals surface area contributed by atoms with Gasteiger partial charge in [-0.25, -0.2) is 0 Å². The zero-order valence-electron chi connectivity index (χ0n) is 4.53. The van der Waals surface area contributed by atoms with Crippen molar-refractivity contribution in [2.75, 3.05) is 0 Å². The van der Waals surface area contributed by atoms with E-state index < -0.39 is 0 Å². The molecular formula is C6H10Co. The zero-order chi connectivity index (χ0) is 4.83. The van der Waals surface area contributed by atoms with Crippen LogP contribution in [0, 0.1) is 12.3 Å². The van der Waals surface area contributed by atoms with Crippen molar-refractivity contribution in [1.29, 1.82) is 0 Å². The number of hydrogen-bond donors (Lipinski definition) is 0. The summed E-state index contributed by atoms with van der Waals surface area (Å²) in [6.07, 6.45) is 8.30. The van der Waals surface area contributed by atoms with E-state index in [1.807, 2.05) is 0 Å². The van der Waals surface area contributed by atoms with Gasteiger partial charge in [-0.1, -0.05) is 13.3 Å². The van der Waals surface area contributed by atoms with Gasteiger partial charge < -0.3 is 0 Å². The van der Waals surface area contributed by atoms with Crippen molar-refractivity contribution in [2.24, 2.45) is 0 Å². The molecule has 0 N–H and O–H groups in total. The van der Waals surface area contributed by atoms with Gasteiger partial charge in [-0.3, -0.25) is 0 Å².